The molecule has 1 rings (SSSR count). The summed E-state index contributed by atoms with van der Waals surface area (Å²) >= 11 is 0. The maximum Gasteiger partial charge on any atom is 0.306 e. The molecule has 0 saturated heterocycles. The number of esters is 1. The molecule has 0 bridgehead atoms. The Morgan fingerprint density at radius 3 is 2.33 bits per heavy atom. The van der Waals surface area contributed by atoms with Crippen LogP contribution in [0.25, 0.3) is 0 Å². The summed E-state index contributed by atoms with van der Waals surface area (Å²) in [6.07, 6.45) is 0.328. The first-order valence-electron chi connectivity index (χ1n) is 4.82. The smallest absolute Gasteiger partial charge is 0.306 e. The number of benzene rings is 1. The third-order valence-electron chi connectivity index (χ3n) is 2.46. The molecule has 0 atom stereocenters. The zero-order chi connectivity index (χ0) is 11.5. The highest BCUT2D eigenvalue weighted by Crippen LogP contribution is 2.28. The van der Waals surface area contributed by atoms with E-state index in [4.69, 9.17) is 5.11 Å². The second kappa shape index (κ2) is 4.34. The largest absolute Gasteiger partial charge is 0.508 e. The molecule has 0 amide bonds. The Labute approximate surface area is 89.7 Å². The van der Waals surface area contributed by atoms with E-state index in [0.717, 1.165) is 5.56 Å². The SMILES string of the molecule is COC(=O)CC(C)(C)c1ccc(O)cc1. The van der Waals surface area contributed by atoms with Gasteiger partial charge < -0.3 is 9.84 Å². The minimum Gasteiger partial charge on any atom is -0.508 e. The summed E-state index contributed by atoms with van der Waals surface area (Å²) in [5.74, 6) is 0.000642. The summed E-state index contributed by atoms with van der Waals surface area (Å²) in [6, 6.07) is 6.87. The Balaban J connectivity index is 2.85. The second-order valence-electron chi connectivity index (χ2n) is 4.18. The molecule has 0 fully saturated rings. The van der Waals surface area contributed by atoms with Crippen molar-refractivity contribution in [1.29, 1.82) is 0 Å². The highest BCUT2D eigenvalue weighted by atomic mass is 16.5. The van der Waals surface area contributed by atoms with Crippen molar-refractivity contribution in [2.24, 2.45) is 0 Å². The molecule has 0 aliphatic rings. The number of aromatic hydroxyl groups is 1. The fourth-order valence-corrected chi connectivity index (χ4v) is 1.45. The van der Waals surface area contributed by atoms with E-state index in [1.54, 1.807) is 12.1 Å². The fraction of sp³-hybridized carbons (Fsp3) is 0.417. The highest BCUT2D eigenvalue weighted by Gasteiger charge is 2.24. The van der Waals surface area contributed by atoms with Crippen LogP contribution < -0.4 is 0 Å². The molecule has 0 aliphatic carbocycles. The van der Waals surface area contributed by atoms with E-state index >= 15 is 0 Å². The van der Waals surface area contributed by atoms with Crippen molar-refractivity contribution in [1.82, 2.24) is 0 Å². The topological polar surface area (TPSA) is 46.5 Å². The summed E-state index contributed by atoms with van der Waals surface area (Å²) < 4.78 is 4.64. The number of hydrogen-bond acceptors (Lipinski definition) is 3. The normalized spacial score (nSPS) is 11.1. The average Bonchev–Trinajstić information content (AvgIpc) is 2.17. The first kappa shape index (κ1) is 11.6. The van der Waals surface area contributed by atoms with Gasteiger partial charge in [0, 0.05) is 5.41 Å². The van der Waals surface area contributed by atoms with Crippen molar-refractivity contribution in [2.45, 2.75) is 25.7 Å². The zero-order valence-electron chi connectivity index (χ0n) is 9.28. The van der Waals surface area contributed by atoms with Gasteiger partial charge in [0.05, 0.1) is 13.5 Å². The van der Waals surface area contributed by atoms with Gasteiger partial charge in [-0.05, 0) is 17.7 Å². The van der Waals surface area contributed by atoms with Gasteiger partial charge in [-0.1, -0.05) is 26.0 Å². The van der Waals surface area contributed by atoms with Crippen molar-refractivity contribution in [3.8, 4) is 5.75 Å². The van der Waals surface area contributed by atoms with Crippen molar-refractivity contribution < 1.29 is 14.6 Å². The lowest BCUT2D eigenvalue weighted by Gasteiger charge is -2.23. The number of rotatable bonds is 3. The lowest BCUT2D eigenvalue weighted by molar-refractivity contribution is -0.141. The standard InChI is InChI=1S/C12H16O3/c1-12(2,8-11(14)15-3)9-4-6-10(13)7-5-9/h4-7,13H,8H2,1-3H3. The lowest BCUT2D eigenvalue weighted by atomic mass is 9.81. The molecule has 82 valence electrons. The number of phenols is 1. The van der Waals surface area contributed by atoms with Crippen molar-refractivity contribution >= 4 is 5.97 Å². The molecule has 3 nitrogen and oxygen atoms in total. The number of ether oxygens (including phenoxy) is 1. The van der Waals surface area contributed by atoms with Gasteiger partial charge in [0.25, 0.3) is 0 Å². The molecule has 0 radical (unpaired) electrons. The minimum atomic E-state index is -0.277. The zero-order valence-corrected chi connectivity index (χ0v) is 9.28. The van der Waals surface area contributed by atoms with Gasteiger partial charge in [0.15, 0.2) is 0 Å². The predicted molar refractivity (Wildman–Crippen MR) is 57.8 cm³/mol. The average molecular weight is 208 g/mol. The van der Waals surface area contributed by atoms with Gasteiger partial charge in [-0.25, -0.2) is 0 Å². The van der Waals surface area contributed by atoms with E-state index in [1.807, 2.05) is 26.0 Å². The van der Waals surface area contributed by atoms with E-state index < -0.39 is 0 Å². The van der Waals surface area contributed by atoms with E-state index in [-0.39, 0.29) is 17.1 Å². The Morgan fingerprint density at radius 2 is 1.87 bits per heavy atom. The van der Waals surface area contributed by atoms with Gasteiger partial charge in [0.1, 0.15) is 5.75 Å². The summed E-state index contributed by atoms with van der Waals surface area (Å²) in [4.78, 5) is 11.2. The summed E-state index contributed by atoms with van der Waals surface area (Å²) in [5, 5.41) is 9.16. The predicted octanol–water partition coefficient (Wildman–Crippen LogP) is 2.23. The van der Waals surface area contributed by atoms with Crippen LogP contribution in [0.2, 0.25) is 0 Å². The number of methoxy groups -OCH3 is 1. The third-order valence-corrected chi connectivity index (χ3v) is 2.46. The van der Waals surface area contributed by atoms with Gasteiger partial charge in [-0.3, -0.25) is 4.79 Å². The van der Waals surface area contributed by atoms with Crippen molar-refractivity contribution in [3.63, 3.8) is 0 Å². The maximum absolute atomic E-state index is 11.2. The molecule has 3 heteroatoms. The Bertz CT molecular complexity index is 338. The molecule has 1 aromatic carbocycles. The molecule has 0 heterocycles. The quantitative estimate of drug-likeness (QED) is 0.775. The number of phenolic OH excluding ortho intramolecular Hbond substituents is 1. The van der Waals surface area contributed by atoms with Crippen molar-refractivity contribution in [3.05, 3.63) is 29.8 Å². The monoisotopic (exact) mass is 208 g/mol. The molecule has 0 aromatic heterocycles. The molecule has 0 unspecified atom stereocenters. The highest BCUT2D eigenvalue weighted by molar-refractivity contribution is 5.71. The lowest BCUT2D eigenvalue weighted by Crippen LogP contribution is -2.22. The van der Waals surface area contributed by atoms with Crippen LogP contribution in [-0.2, 0) is 14.9 Å². The molecule has 0 spiro atoms. The van der Waals surface area contributed by atoms with Gasteiger partial charge >= 0.3 is 5.97 Å². The first-order valence-corrected chi connectivity index (χ1v) is 4.82. The maximum atomic E-state index is 11.2. The van der Waals surface area contributed by atoms with Crippen LogP contribution in [0.15, 0.2) is 24.3 Å². The van der Waals surface area contributed by atoms with Crippen LogP contribution in [0.3, 0.4) is 0 Å². The van der Waals surface area contributed by atoms with E-state index in [1.165, 1.54) is 7.11 Å². The Kier molecular flexibility index (Phi) is 3.35. The van der Waals surface area contributed by atoms with E-state index in [9.17, 15) is 4.79 Å². The van der Waals surface area contributed by atoms with Crippen LogP contribution in [-0.4, -0.2) is 18.2 Å². The molecular weight excluding hydrogens is 192 g/mol. The first-order chi connectivity index (χ1) is 6.95. The molecule has 1 N–H and O–H groups in total. The van der Waals surface area contributed by atoms with Gasteiger partial charge in [-0.15, -0.1) is 0 Å². The van der Waals surface area contributed by atoms with Crippen LogP contribution in [0, 0.1) is 0 Å². The summed E-state index contributed by atoms with van der Waals surface area (Å²) in [7, 11) is 1.38. The molecular formula is C12H16O3. The number of carbonyl (C=O) groups is 1. The Hall–Kier alpha value is -1.51. The number of hydrogen-bond donors (Lipinski definition) is 1. The van der Waals surface area contributed by atoms with E-state index in [2.05, 4.69) is 4.74 Å². The Morgan fingerprint density at radius 1 is 1.33 bits per heavy atom. The van der Waals surface area contributed by atoms with Crippen LogP contribution in [0.4, 0.5) is 0 Å². The van der Waals surface area contributed by atoms with Gasteiger partial charge in [-0.2, -0.15) is 0 Å². The van der Waals surface area contributed by atoms with Crippen molar-refractivity contribution in [2.75, 3.05) is 7.11 Å². The van der Waals surface area contributed by atoms with E-state index in [0.29, 0.717) is 6.42 Å². The van der Waals surface area contributed by atoms with Gasteiger partial charge in [0.2, 0.25) is 0 Å². The second-order valence-corrected chi connectivity index (χ2v) is 4.18. The van der Waals surface area contributed by atoms with Crippen LogP contribution >= 0.6 is 0 Å². The minimum absolute atomic E-state index is 0.229. The molecule has 1 aromatic rings. The third kappa shape index (κ3) is 2.98. The number of carbonyl (C=O) groups excluding carboxylic acids is 1. The summed E-state index contributed by atoms with van der Waals surface area (Å²) in [5.41, 5.74) is 0.728. The molecule has 0 saturated carbocycles. The molecule has 15 heavy (non-hydrogen) atoms. The van der Waals surface area contributed by atoms with Crippen LogP contribution in [0.5, 0.6) is 5.75 Å². The van der Waals surface area contributed by atoms with Crippen LogP contribution in [0.1, 0.15) is 25.8 Å². The fourth-order valence-electron chi connectivity index (χ4n) is 1.45. The molecule has 0 aliphatic heterocycles. The summed E-state index contributed by atoms with van der Waals surface area (Å²) in [6.45, 7) is 3.94.